The van der Waals surface area contributed by atoms with E-state index in [1.165, 1.54) is 0 Å². The lowest BCUT2D eigenvalue weighted by Gasteiger charge is -2.04. The highest BCUT2D eigenvalue weighted by molar-refractivity contribution is 5.75. The molecule has 0 aliphatic heterocycles. The molecular weight excluding hydrogens is 166 g/mol. The van der Waals surface area contributed by atoms with Gasteiger partial charge < -0.3 is 9.88 Å². The lowest BCUT2D eigenvalue weighted by molar-refractivity contribution is -0.121. The van der Waals surface area contributed by atoms with Crippen LogP contribution >= 0.6 is 0 Å². The fraction of sp³-hybridized carbons (Fsp3) is 0.556. The molecular formula is C9H14N3O. The second kappa shape index (κ2) is 4.64. The van der Waals surface area contributed by atoms with E-state index in [2.05, 4.69) is 16.5 Å². The molecule has 0 bridgehead atoms. The molecule has 0 aliphatic carbocycles. The van der Waals surface area contributed by atoms with Crippen LogP contribution in [0.3, 0.4) is 0 Å². The third kappa shape index (κ3) is 2.89. The molecule has 1 heterocycles. The average Bonchev–Trinajstić information content (AvgIpc) is 2.48. The van der Waals surface area contributed by atoms with Crippen LogP contribution in [0.4, 0.5) is 0 Å². The van der Waals surface area contributed by atoms with Crippen LogP contribution in [0.15, 0.2) is 6.20 Å². The number of rotatable bonds is 4. The highest BCUT2D eigenvalue weighted by Crippen LogP contribution is 1.96. The van der Waals surface area contributed by atoms with Crippen molar-refractivity contribution in [1.82, 2.24) is 14.9 Å². The fourth-order valence-electron chi connectivity index (χ4n) is 1.08. The average molecular weight is 180 g/mol. The number of nitrogens with zero attached hydrogens (tertiary/aromatic N) is 2. The standard InChI is InChI=1S/C9H14N3O/c1-3-10-9(13)4-6-12-7-5-11-8(12)2/h7H,3-4,6H2,1-2H3,(H,10,13). The molecule has 1 N–H and O–H groups in total. The van der Waals surface area contributed by atoms with Crippen molar-refractivity contribution in [3.63, 3.8) is 0 Å². The Labute approximate surface area is 78.0 Å². The van der Waals surface area contributed by atoms with Crippen molar-refractivity contribution in [2.45, 2.75) is 26.8 Å². The maximum atomic E-state index is 11.1. The minimum atomic E-state index is 0.0793. The van der Waals surface area contributed by atoms with Crippen LogP contribution in [0.1, 0.15) is 19.2 Å². The smallest absolute Gasteiger partial charge is 0.221 e. The summed E-state index contributed by atoms with van der Waals surface area (Å²) in [4.78, 5) is 15.0. The van der Waals surface area contributed by atoms with Gasteiger partial charge >= 0.3 is 0 Å². The predicted molar refractivity (Wildman–Crippen MR) is 49.1 cm³/mol. The summed E-state index contributed by atoms with van der Waals surface area (Å²) in [6.45, 7) is 5.17. The van der Waals surface area contributed by atoms with Gasteiger partial charge in [-0.05, 0) is 13.8 Å². The summed E-state index contributed by atoms with van der Waals surface area (Å²) in [5.41, 5.74) is 0. The highest BCUT2D eigenvalue weighted by Gasteiger charge is 2.01. The first kappa shape index (κ1) is 9.77. The molecule has 1 aromatic heterocycles. The largest absolute Gasteiger partial charge is 0.356 e. The van der Waals surface area contributed by atoms with E-state index in [9.17, 15) is 4.79 Å². The third-order valence-electron chi connectivity index (χ3n) is 1.81. The molecule has 1 rings (SSSR count). The van der Waals surface area contributed by atoms with Crippen LogP contribution < -0.4 is 5.32 Å². The number of hydrogen-bond acceptors (Lipinski definition) is 2. The topological polar surface area (TPSA) is 46.9 Å². The number of aromatic nitrogens is 2. The molecule has 0 unspecified atom stereocenters. The van der Waals surface area contributed by atoms with E-state index in [4.69, 9.17) is 0 Å². The summed E-state index contributed by atoms with van der Waals surface area (Å²) in [7, 11) is 0. The first-order valence-electron chi connectivity index (χ1n) is 4.40. The van der Waals surface area contributed by atoms with Crippen molar-refractivity contribution < 1.29 is 4.79 Å². The van der Waals surface area contributed by atoms with Crippen LogP contribution in [-0.2, 0) is 11.3 Å². The zero-order valence-electron chi connectivity index (χ0n) is 8.00. The molecule has 0 spiro atoms. The summed E-state index contributed by atoms with van der Waals surface area (Å²) in [6.07, 6.45) is 4.99. The van der Waals surface area contributed by atoms with Crippen LogP contribution in [0.2, 0.25) is 0 Å². The maximum Gasteiger partial charge on any atom is 0.221 e. The molecule has 4 nitrogen and oxygen atoms in total. The van der Waals surface area contributed by atoms with Gasteiger partial charge in [-0.2, -0.15) is 0 Å². The summed E-state index contributed by atoms with van der Waals surface area (Å²) in [6, 6.07) is 0. The van der Waals surface area contributed by atoms with Gasteiger partial charge in [-0.1, -0.05) is 0 Å². The van der Waals surface area contributed by atoms with Crippen molar-refractivity contribution in [2.24, 2.45) is 0 Å². The van der Waals surface area contributed by atoms with Gasteiger partial charge in [0.05, 0.1) is 0 Å². The van der Waals surface area contributed by atoms with Gasteiger partial charge in [0.25, 0.3) is 0 Å². The van der Waals surface area contributed by atoms with Crippen molar-refractivity contribution in [2.75, 3.05) is 6.54 Å². The van der Waals surface area contributed by atoms with Gasteiger partial charge in [0, 0.05) is 25.7 Å². The van der Waals surface area contributed by atoms with E-state index < -0.39 is 0 Å². The third-order valence-corrected chi connectivity index (χ3v) is 1.81. The zero-order valence-corrected chi connectivity index (χ0v) is 8.00. The summed E-state index contributed by atoms with van der Waals surface area (Å²) >= 11 is 0. The lowest BCUT2D eigenvalue weighted by Crippen LogP contribution is -2.23. The minimum absolute atomic E-state index is 0.0793. The van der Waals surface area contributed by atoms with Gasteiger partial charge in [0.1, 0.15) is 12.0 Å². The normalized spacial score (nSPS) is 10.0. The number of amides is 1. The van der Waals surface area contributed by atoms with Crippen LogP contribution in [-0.4, -0.2) is 22.0 Å². The van der Waals surface area contributed by atoms with Crippen LogP contribution in [0.25, 0.3) is 0 Å². The van der Waals surface area contributed by atoms with Gasteiger partial charge in [-0.15, -0.1) is 0 Å². The number of imidazole rings is 1. The van der Waals surface area contributed by atoms with E-state index in [0.29, 0.717) is 19.5 Å². The van der Waals surface area contributed by atoms with Crippen molar-refractivity contribution in [1.29, 1.82) is 0 Å². The maximum absolute atomic E-state index is 11.1. The SMILES string of the molecule is CCNC(=O)CCn1c[c]nc1C. The Bertz CT molecular complexity index is 280. The molecule has 0 saturated carbocycles. The molecule has 0 atom stereocenters. The van der Waals surface area contributed by atoms with E-state index in [1.807, 2.05) is 18.4 Å². The Morgan fingerprint density at radius 3 is 3.08 bits per heavy atom. The first-order valence-corrected chi connectivity index (χ1v) is 4.40. The van der Waals surface area contributed by atoms with Gasteiger partial charge in [0.2, 0.25) is 5.91 Å². The highest BCUT2D eigenvalue weighted by atomic mass is 16.1. The minimum Gasteiger partial charge on any atom is -0.356 e. The van der Waals surface area contributed by atoms with Crippen LogP contribution in [0.5, 0.6) is 0 Å². The molecule has 1 radical (unpaired) electrons. The van der Waals surface area contributed by atoms with Gasteiger partial charge in [-0.3, -0.25) is 4.79 Å². The molecule has 0 aromatic carbocycles. The Hall–Kier alpha value is -1.32. The van der Waals surface area contributed by atoms with Gasteiger partial charge in [0.15, 0.2) is 0 Å². The van der Waals surface area contributed by atoms with E-state index in [-0.39, 0.29) is 5.91 Å². The van der Waals surface area contributed by atoms with Crippen molar-refractivity contribution in [3.05, 3.63) is 18.2 Å². The van der Waals surface area contributed by atoms with Crippen molar-refractivity contribution >= 4 is 5.91 Å². The monoisotopic (exact) mass is 180 g/mol. The Morgan fingerprint density at radius 2 is 2.54 bits per heavy atom. The van der Waals surface area contributed by atoms with Crippen molar-refractivity contribution in [3.8, 4) is 0 Å². The molecule has 0 fully saturated rings. The molecule has 1 amide bonds. The second-order valence-corrected chi connectivity index (χ2v) is 2.81. The summed E-state index contributed by atoms with van der Waals surface area (Å²) in [5.74, 6) is 0.972. The fourth-order valence-corrected chi connectivity index (χ4v) is 1.08. The number of aryl methyl sites for hydroxylation is 2. The molecule has 13 heavy (non-hydrogen) atoms. The Balaban J connectivity index is 2.35. The van der Waals surface area contributed by atoms with E-state index in [0.717, 1.165) is 5.82 Å². The number of carbonyl (C=O) groups excluding carboxylic acids is 1. The molecule has 0 aliphatic rings. The molecule has 4 heteroatoms. The number of nitrogens with one attached hydrogen (secondary N) is 1. The summed E-state index contributed by atoms with van der Waals surface area (Å²) in [5, 5.41) is 2.74. The quantitative estimate of drug-likeness (QED) is 0.734. The van der Waals surface area contributed by atoms with E-state index >= 15 is 0 Å². The Kier molecular flexibility index (Phi) is 3.49. The lowest BCUT2D eigenvalue weighted by atomic mass is 10.4. The Morgan fingerprint density at radius 1 is 1.77 bits per heavy atom. The number of hydrogen-bond donors (Lipinski definition) is 1. The van der Waals surface area contributed by atoms with Gasteiger partial charge in [-0.25, -0.2) is 4.98 Å². The molecule has 0 saturated heterocycles. The summed E-state index contributed by atoms with van der Waals surface area (Å²) < 4.78 is 1.91. The molecule has 1 aromatic rings. The molecule has 71 valence electrons. The second-order valence-electron chi connectivity index (χ2n) is 2.81. The van der Waals surface area contributed by atoms with E-state index in [1.54, 1.807) is 6.20 Å². The van der Waals surface area contributed by atoms with Crippen LogP contribution in [0, 0.1) is 13.1 Å². The first-order chi connectivity index (χ1) is 6.24. The zero-order chi connectivity index (χ0) is 9.68. The number of carbonyl (C=O) groups is 1. The predicted octanol–water partition coefficient (Wildman–Crippen LogP) is 0.518.